The number of anilines is 2. The minimum Gasteiger partial charge on any atom is -0.397 e. The first-order valence-corrected chi connectivity index (χ1v) is 6.04. The van der Waals surface area contributed by atoms with Gasteiger partial charge in [-0.3, -0.25) is 0 Å². The van der Waals surface area contributed by atoms with Crippen LogP contribution in [0.5, 0.6) is 0 Å². The van der Waals surface area contributed by atoms with Crippen LogP contribution in [0.1, 0.15) is 32.1 Å². The number of hydrogen-bond acceptors (Lipinski definition) is 2. The Balaban J connectivity index is 1.88. The van der Waals surface area contributed by atoms with E-state index in [1.54, 1.807) is 6.07 Å². The third-order valence-corrected chi connectivity index (χ3v) is 3.32. The Morgan fingerprint density at radius 2 is 2.00 bits per heavy atom. The summed E-state index contributed by atoms with van der Waals surface area (Å²) in [5.74, 6) is 0.471. The van der Waals surface area contributed by atoms with Gasteiger partial charge in [-0.1, -0.05) is 19.3 Å². The number of nitrogen functional groups attached to an aromatic ring is 1. The molecule has 1 aromatic rings. The van der Waals surface area contributed by atoms with Crippen LogP contribution in [0, 0.1) is 11.7 Å². The minimum atomic E-state index is -0.277. The van der Waals surface area contributed by atoms with Gasteiger partial charge in [0.1, 0.15) is 5.82 Å². The maximum absolute atomic E-state index is 12.8. The van der Waals surface area contributed by atoms with E-state index >= 15 is 0 Å². The van der Waals surface area contributed by atoms with Crippen molar-refractivity contribution in [3.8, 4) is 0 Å². The fraction of sp³-hybridized carbons (Fsp3) is 0.538. The topological polar surface area (TPSA) is 38.0 Å². The minimum absolute atomic E-state index is 0.277. The molecule has 0 radical (unpaired) electrons. The van der Waals surface area contributed by atoms with Crippen LogP contribution < -0.4 is 11.1 Å². The van der Waals surface area contributed by atoms with Crippen LogP contribution in [0.2, 0.25) is 0 Å². The summed E-state index contributed by atoms with van der Waals surface area (Å²) in [5.41, 5.74) is 7.08. The van der Waals surface area contributed by atoms with E-state index in [0.717, 1.165) is 18.2 Å². The van der Waals surface area contributed by atoms with Crippen molar-refractivity contribution in [3.63, 3.8) is 0 Å². The van der Waals surface area contributed by atoms with Gasteiger partial charge in [-0.2, -0.15) is 0 Å². The average molecular weight is 222 g/mol. The Morgan fingerprint density at radius 3 is 2.69 bits per heavy atom. The molecular formula is C13H19FN2. The molecule has 3 N–H and O–H groups in total. The fourth-order valence-corrected chi connectivity index (χ4v) is 2.34. The standard InChI is InChI=1S/C13H19FN2/c14-11-6-7-13(12(15)8-11)16-9-10-4-2-1-3-5-10/h6-8,10,16H,1-5,9,15H2. The summed E-state index contributed by atoms with van der Waals surface area (Å²) in [4.78, 5) is 0. The quantitative estimate of drug-likeness (QED) is 0.769. The molecule has 1 fully saturated rings. The van der Waals surface area contributed by atoms with Crippen LogP contribution in [0.25, 0.3) is 0 Å². The molecule has 0 spiro atoms. The zero-order valence-electron chi connectivity index (χ0n) is 9.51. The van der Waals surface area contributed by atoms with Crippen molar-refractivity contribution >= 4 is 11.4 Å². The van der Waals surface area contributed by atoms with Crippen molar-refractivity contribution in [2.45, 2.75) is 32.1 Å². The lowest BCUT2D eigenvalue weighted by atomic mass is 9.89. The highest BCUT2D eigenvalue weighted by molar-refractivity contribution is 5.65. The van der Waals surface area contributed by atoms with E-state index in [-0.39, 0.29) is 5.82 Å². The molecular weight excluding hydrogens is 203 g/mol. The van der Waals surface area contributed by atoms with Crippen LogP contribution in [-0.4, -0.2) is 6.54 Å². The molecule has 0 saturated heterocycles. The summed E-state index contributed by atoms with van der Waals surface area (Å²) >= 11 is 0. The highest BCUT2D eigenvalue weighted by Gasteiger charge is 2.13. The van der Waals surface area contributed by atoms with E-state index in [0.29, 0.717) is 5.69 Å². The lowest BCUT2D eigenvalue weighted by Gasteiger charge is -2.22. The van der Waals surface area contributed by atoms with Gasteiger partial charge in [0, 0.05) is 6.54 Å². The first-order valence-electron chi connectivity index (χ1n) is 6.04. The highest BCUT2D eigenvalue weighted by atomic mass is 19.1. The molecule has 0 amide bonds. The molecule has 3 heteroatoms. The van der Waals surface area contributed by atoms with Crippen molar-refractivity contribution in [3.05, 3.63) is 24.0 Å². The number of rotatable bonds is 3. The third kappa shape index (κ3) is 2.87. The Bertz CT molecular complexity index is 346. The molecule has 0 aromatic heterocycles. The summed E-state index contributed by atoms with van der Waals surface area (Å²) in [6.07, 6.45) is 6.65. The third-order valence-electron chi connectivity index (χ3n) is 3.32. The number of benzene rings is 1. The highest BCUT2D eigenvalue weighted by Crippen LogP contribution is 2.25. The molecule has 88 valence electrons. The first-order chi connectivity index (χ1) is 7.75. The zero-order valence-corrected chi connectivity index (χ0v) is 9.51. The summed E-state index contributed by atoms with van der Waals surface area (Å²) in [6.45, 7) is 0.954. The smallest absolute Gasteiger partial charge is 0.125 e. The molecule has 2 nitrogen and oxygen atoms in total. The monoisotopic (exact) mass is 222 g/mol. The predicted octanol–water partition coefficient (Wildman–Crippen LogP) is 3.40. The largest absolute Gasteiger partial charge is 0.397 e. The number of nitrogens with one attached hydrogen (secondary N) is 1. The second-order valence-corrected chi connectivity index (χ2v) is 4.62. The Kier molecular flexibility index (Phi) is 3.65. The van der Waals surface area contributed by atoms with Crippen molar-refractivity contribution in [1.82, 2.24) is 0 Å². The molecule has 16 heavy (non-hydrogen) atoms. The van der Waals surface area contributed by atoms with Gasteiger partial charge in [0.2, 0.25) is 0 Å². The Labute approximate surface area is 96.0 Å². The van der Waals surface area contributed by atoms with Gasteiger partial charge in [0.05, 0.1) is 11.4 Å². The molecule has 0 heterocycles. The molecule has 0 atom stereocenters. The van der Waals surface area contributed by atoms with Crippen molar-refractivity contribution in [1.29, 1.82) is 0 Å². The summed E-state index contributed by atoms with van der Waals surface area (Å²) in [6, 6.07) is 4.52. The molecule has 1 aromatic carbocycles. The van der Waals surface area contributed by atoms with E-state index in [2.05, 4.69) is 5.32 Å². The second-order valence-electron chi connectivity index (χ2n) is 4.62. The Morgan fingerprint density at radius 1 is 1.25 bits per heavy atom. The second kappa shape index (κ2) is 5.19. The van der Waals surface area contributed by atoms with Gasteiger partial charge >= 0.3 is 0 Å². The molecule has 0 aliphatic heterocycles. The number of halogens is 1. The molecule has 1 saturated carbocycles. The predicted molar refractivity (Wildman–Crippen MR) is 65.9 cm³/mol. The maximum atomic E-state index is 12.8. The first kappa shape index (κ1) is 11.2. The average Bonchev–Trinajstić information content (AvgIpc) is 2.29. The van der Waals surface area contributed by atoms with Crippen LogP contribution in [0.15, 0.2) is 18.2 Å². The van der Waals surface area contributed by atoms with Gasteiger partial charge in [0.15, 0.2) is 0 Å². The van der Waals surface area contributed by atoms with Gasteiger partial charge in [-0.15, -0.1) is 0 Å². The Hall–Kier alpha value is -1.25. The molecule has 1 aliphatic rings. The number of nitrogens with two attached hydrogens (primary N) is 1. The lowest BCUT2D eigenvalue weighted by molar-refractivity contribution is 0.373. The van der Waals surface area contributed by atoms with Crippen molar-refractivity contribution < 1.29 is 4.39 Å². The van der Waals surface area contributed by atoms with Crippen LogP contribution in [0.4, 0.5) is 15.8 Å². The molecule has 2 rings (SSSR count). The summed E-state index contributed by atoms with van der Waals surface area (Å²) in [5, 5.41) is 3.32. The molecule has 0 bridgehead atoms. The van der Waals surface area contributed by atoms with Crippen molar-refractivity contribution in [2.24, 2.45) is 5.92 Å². The van der Waals surface area contributed by atoms with E-state index in [4.69, 9.17) is 5.73 Å². The van der Waals surface area contributed by atoms with Crippen LogP contribution >= 0.6 is 0 Å². The lowest BCUT2D eigenvalue weighted by Crippen LogP contribution is -2.17. The fourth-order valence-electron chi connectivity index (χ4n) is 2.34. The zero-order chi connectivity index (χ0) is 11.4. The van der Waals surface area contributed by atoms with E-state index in [1.807, 2.05) is 0 Å². The normalized spacial score (nSPS) is 17.3. The summed E-state index contributed by atoms with van der Waals surface area (Å²) in [7, 11) is 0. The van der Waals surface area contributed by atoms with Crippen molar-refractivity contribution in [2.75, 3.05) is 17.6 Å². The summed E-state index contributed by atoms with van der Waals surface area (Å²) < 4.78 is 12.8. The van der Waals surface area contributed by atoms with E-state index < -0.39 is 0 Å². The van der Waals surface area contributed by atoms with Gasteiger partial charge in [0.25, 0.3) is 0 Å². The van der Waals surface area contributed by atoms with Gasteiger partial charge < -0.3 is 11.1 Å². The molecule has 0 unspecified atom stereocenters. The van der Waals surface area contributed by atoms with Gasteiger partial charge in [-0.25, -0.2) is 4.39 Å². The van der Waals surface area contributed by atoms with Gasteiger partial charge in [-0.05, 0) is 37.0 Å². The SMILES string of the molecule is Nc1cc(F)ccc1NCC1CCCCC1. The number of hydrogen-bond donors (Lipinski definition) is 2. The van der Waals surface area contributed by atoms with E-state index in [9.17, 15) is 4.39 Å². The molecule has 1 aliphatic carbocycles. The maximum Gasteiger partial charge on any atom is 0.125 e. The van der Waals surface area contributed by atoms with Crippen LogP contribution in [0.3, 0.4) is 0 Å². The van der Waals surface area contributed by atoms with E-state index in [1.165, 1.54) is 44.2 Å². The van der Waals surface area contributed by atoms with Crippen LogP contribution in [-0.2, 0) is 0 Å².